The Kier molecular flexibility index (Phi) is 4.03. The van der Waals surface area contributed by atoms with Crippen LogP contribution in [-0.2, 0) is 13.0 Å². The fourth-order valence-electron chi connectivity index (χ4n) is 2.26. The third-order valence-electron chi connectivity index (χ3n) is 3.07. The first kappa shape index (κ1) is 11.7. The van der Waals surface area contributed by atoms with Gasteiger partial charge in [0.05, 0.1) is 0 Å². The Morgan fingerprint density at radius 3 is 2.81 bits per heavy atom. The Morgan fingerprint density at radius 2 is 2.06 bits per heavy atom. The molecular formula is C14H18ClN. The molecule has 0 amide bonds. The van der Waals surface area contributed by atoms with Crippen LogP contribution in [0.15, 0.2) is 36.4 Å². The summed E-state index contributed by atoms with van der Waals surface area (Å²) in [6.45, 7) is 7.09. The Bertz CT molecular complexity index is 373. The van der Waals surface area contributed by atoms with Gasteiger partial charge in [-0.15, -0.1) is 11.6 Å². The van der Waals surface area contributed by atoms with Gasteiger partial charge < -0.3 is 0 Å². The first-order valence-corrected chi connectivity index (χ1v) is 6.35. The number of fused-ring (bicyclic) bond motifs is 1. The van der Waals surface area contributed by atoms with Crippen LogP contribution in [0.1, 0.15) is 17.5 Å². The summed E-state index contributed by atoms with van der Waals surface area (Å²) in [5, 5.41) is 0. The van der Waals surface area contributed by atoms with Gasteiger partial charge in [-0.2, -0.15) is 0 Å². The van der Waals surface area contributed by atoms with Crippen molar-refractivity contribution in [2.24, 2.45) is 0 Å². The average Bonchev–Trinajstić information content (AvgIpc) is 2.50. The molecule has 16 heavy (non-hydrogen) atoms. The molecule has 0 saturated carbocycles. The van der Waals surface area contributed by atoms with E-state index in [4.69, 9.17) is 11.6 Å². The molecule has 0 bridgehead atoms. The monoisotopic (exact) mass is 235 g/mol. The molecule has 1 heterocycles. The van der Waals surface area contributed by atoms with Crippen molar-refractivity contribution in [3.05, 3.63) is 47.5 Å². The van der Waals surface area contributed by atoms with Crippen molar-refractivity contribution in [3.63, 3.8) is 0 Å². The molecule has 2 rings (SSSR count). The highest BCUT2D eigenvalue weighted by Gasteiger charge is 2.13. The standard InChI is InChI=1S/C14H18ClN/c1-12(9-15)10-16-8-4-7-13-5-2-3-6-14(13)11-16/h2-3,5-6H,1,4,7-11H2. The number of hydrogen-bond donors (Lipinski definition) is 0. The third kappa shape index (κ3) is 2.87. The van der Waals surface area contributed by atoms with Crippen LogP contribution in [0.3, 0.4) is 0 Å². The lowest BCUT2D eigenvalue weighted by Crippen LogP contribution is -2.25. The van der Waals surface area contributed by atoms with Crippen molar-refractivity contribution >= 4 is 11.6 Å². The second-order valence-electron chi connectivity index (χ2n) is 4.47. The van der Waals surface area contributed by atoms with Crippen LogP contribution in [0.2, 0.25) is 0 Å². The summed E-state index contributed by atoms with van der Waals surface area (Å²) in [6.07, 6.45) is 2.42. The fourth-order valence-corrected chi connectivity index (χ4v) is 2.35. The van der Waals surface area contributed by atoms with Gasteiger partial charge in [-0.3, -0.25) is 4.90 Å². The molecule has 0 atom stereocenters. The van der Waals surface area contributed by atoms with Gasteiger partial charge >= 0.3 is 0 Å². The Balaban J connectivity index is 2.07. The van der Waals surface area contributed by atoms with Crippen molar-refractivity contribution in [2.75, 3.05) is 19.0 Å². The first-order chi connectivity index (χ1) is 7.79. The molecule has 0 spiro atoms. The minimum Gasteiger partial charge on any atom is -0.295 e. The van der Waals surface area contributed by atoms with Gasteiger partial charge in [0, 0.05) is 19.0 Å². The topological polar surface area (TPSA) is 3.24 Å². The van der Waals surface area contributed by atoms with Crippen LogP contribution >= 0.6 is 11.6 Å². The van der Waals surface area contributed by atoms with Crippen LogP contribution < -0.4 is 0 Å². The summed E-state index contributed by atoms with van der Waals surface area (Å²) in [6, 6.07) is 8.73. The van der Waals surface area contributed by atoms with Gasteiger partial charge in [0.15, 0.2) is 0 Å². The minimum atomic E-state index is 0.568. The molecule has 1 aromatic rings. The molecule has 2 heteroatoms. The van der Waals surface area contributed by atoms with E-state index in [-0.39, 0.29) is 0 Å². The maximum absolute atomic E-state index is 5.79. The van der Waals surface area contributed by atoms with Crippen molar-refractivity contribution < 1.29 is 0 Å². The molecule has 1 nitrogen and oxygen atoms in total. The number of nitrogens with zero attached hydrogens (tertiary/aromatic N) is 1. The maximum atomic E-state index is 5.79. The minimum absolute atomic E-state index is 0.568. The summed E-state index contributed by atoms with van der Waals surface area (Å²) < 4.78 is 0. The number of rotatable bonds is 3. The highest BCUT2D eigenvalue weighted by Crippen LogP contribution is 2.18. The number of hydrogen-bond acceptors (Lipinski definition) is 1. The molecule has 0 fully saturated rings. The van der Waals surface area contributed by atoms with E-state index in [2.05, 4.69) is 35.7 Å². The summed E-state index contributed by atoms with van der Waals surface area (Å²) in [5.41, 5.74) is 4.07. The highest BCUT2D eigenvalue weighted by molar-refractivity contribution is 6.19. The fraction of sp³-hybridized carbons (Fsp3) is 0.429. The Morgan fingerprint density at radius 1 is 1.31 bits per heavy atom. The Hall–Kier alpha value is -0.790. The third-order valence-corrected chi connectivity index (χ3v) is 3.45. The van der Waals surface area contributed by atoms with Crippen LogP contribution in [0.4, 0.5) is 0 Å². The normalized spacial score (nSPS) is 16.6. The first-order valence-electron chi connectivity index (χ1n) is 5.81. The van der Waals surface area contributed by atoms with E-state index in [1.54, 1.807) is 0 Å². The molecule has 86 valence electrons. The van der Waals surface area contributed by atoms with E-state index >= 15 is 0 Å². The van der Waals surface area contributed by atoms with Gasteiger partial charge in [-0.1, -0.05) is 30.8 Å². The zero-order valence-corrected chi connectivity index (χ0v) is 10.3. The zero-order valence-electron chi connectivity index (χ0n) is 9.58. The van der Waals surface area contributed by atoms with Crippen LogP contribution in [-0.4, -0.2) is 23.9 Å². The molecule has 0 saturated heterocycles. The predicted molar refractivity (Wildman–Crippen MR) is 69.9 cm³/mol. The van der Waals surface area contributed by atoms with Crippen LogP contribution in [0.5, 0.6) is 0 Å². The molecule has 0 N–H and O–H groups in total. The molecule has 0 unspecified atom stereocenters. The number of benzene rings is 1. The van der Waals surface area contributed by atoms with Crippen molar-refractivity contribution in [1.29, 1.82) is 0 Å². The largest absolute Gasteiger partial charge is 0.295 e. The van der Waals surface area contributed by atoms with Gasteiger partial charge in [0.25, 0.3) is 0 Å². The molecular weight excluding hydrogens is 218 g/mol. The van der Waals surface area contributed by atoms with Crippen molar-refractivity contribution in [1.82, 2.24) is 4.90 Å². The van der Waals surface area contributed by atoms with Crippen LogP contribution in [0.25, 0.3) is 0 Å². The van der Waals surface area contributed by atoms with Crippen molar-refractivity contribution in [2.45, 2.75) is 19.4 Å². The molecule has 0 radical (unpaired) electrons. The van der Waals surface area contributed by atoms with E-state index in [0.29, 0.717) is 5.88 Å². The number of halogens is 1. The average molecular weight is 236 g/mol. The molecule has 1 aromatic carbocycles. The lowest BCUT2D eigenvalue weighted by molar-refractivity contribution is 0.293. The summed E-state index contributed by atoms with van der Waals surface area (Å²) >= 11 is 5.79. The summed E-state index contributed by atoms with van der Waals surface area (Å²) in [7, 11) is 0. The lowest BCUT2D eigenvalue weighted by Gasteiger charge is -2.20. The second-order valence-corrected chi connectivity index (χ2v) is 4.73. The maximum Gasteiger partial charge on any atom is 0.0443 e. The zero-order chi connectivity index (χ0) is 11.4. The molecule has 1 aliphatic heterocycles. The van der Waals surface area contributed by atoms with Gasteiger partial charge in [0.1, 0.15) is 0 Å². The number of alkyl halides is 1. The molecule has 0 aliphatic carbocycles. The summed E-state index contributed by atoms with van der Waals surface area (Å²) in [4.78, 5) is 2.44. The van der Waals surface area contributed by atoms with E-state index in [1.807, 2.05) is 0 Å². The van der Waals surface area contributed by atoms with E-state index < -0.39 is 0 Å². The lowest BCUT2D eigenvalue weighted by atomic mass is 10.0. The van der Waals surface area contributed by atoms with E-state index in [1.165, 1.54) is 24.0 Å². The van der Waals surface area contributed by atoms with Crippen LogP contribution in [0, 0.1) is 0 Å². The predicted octanol–water partition coefficient (Wildman–Crippen LogP) is 3.23. The van der Waals surface area contributed by atoms with Gasteiger partial charge in [-0.25, -0.2) is 0 Å². The SMILES string of the molecule is C=C(CCl)CN1CCCc2ccccc2C1. The quantitative estimate of drug-likeness (QED) is 0.575. The van der Waals surface area contributed by atoms with E-state index in [9.17, 15) is 0 Å². The highest BCUT2D eigenvalue weighted by atomic mass is 35.5. The second kappa shape index (κ2) is 5.51. The van der Waals surface area contributed by atoms with Gasteiger partial charge in [-0.05, 0) is 36.1 Å². The number of aryl methyl sites for hydroxylation is 1. The Labute approximate surface area is 103 Å². The summed E-state index contributed by atoms with van der Waals surface area (Å²) in [5.74, 6) is 0.568. The molecule has 0 aromatic heterocycles. The van der Waals surface area contributed by atoms with E-state index in [0.717, 1.165) is 25.2 Å². The van der Waals surface area contributed by atoms with Crippen molar-refractivity contribution in [3.8, 4) is 0 Å². The smallest absolute Gasteiger partial charge is 0.0443 e. The van der Waals surface area contributed by atoms with Gasteiger partial charge in [0.2, 0.25) is 0 Å². The molecule has 1 aliphatic rings.